The molecule has 0 unspecified atom stereocenters. The number of nitrogens with one attached hydrogen (secondary N) is 8. The zero-order chi connectivity index (χ0) is 57.0. The number of guanidine groups is 1. The maximum absolute atomic E-state index is 13.1. The van der Waals surface area contributed by atoms with Gasteiger partial charge in [0.25, 0.3) is 0 Å². The third-order valence-electron chi connectivity index (χ3n) is 12.1. The van der Waals surface area contributed by atoms with E-state index in [0.29, 0.717) is 84.0 Å². The summed E-state index contributed by atoms with van der Waals surface area (Å²) in [6.07, 6.45) is -2.03. The minimum absolute atomic E-state index is 0.00440. The fourth-order valence-corrected chi connectivity index (χ4v) is 8.21. The van der Waals surface area contributed by atoms with Crippen molar-refractivity contribution in [2.45, 2.75) is 175 Å². The number of carbonyl (C=O) groups is 7. The van der Waals surface area contributed by atoms with Gasteiger partial charge in [0.05, 0.1) is 12.1 Å². The molecule has 0 aromatic rings. The van der Waals surface area contributed by atoms with Gasteiger partial charge in [-0.15, -0.1) is 0 Å². The average molecular weight is 1110 g/mol. The molecule has 3 aliphatic rings. The monoisotopic (exact) mass is 1110 g/mol. The van der Waals surface area contributed by atoms with Crippen LogP contribution in [0.2, 0.25) is 0 Å². The number of piperidine rings is 1. The molecule has 0 bridgehead atoms. The zero-order valence-electron chi connectivity index (χ0n) is 42.7. The largest absolute Gasteiger partial charge is 0.447 e. The Morgan fingerprint density at radius 3 is 1.45 bits per heavy atom. The van der Waals surface area contributed by atoms with Crippen molar-refractivity contribution < 1.29 is 75.9 Å². The van der Waals surface area contributed by atoms with Gasteiger partial charge in [-0.2, -0.15) is 8.42 Å². The second-order valence-electron chi connectivity index (χ2n) is 19.0. The number of hydrogen-bond donors (Lipinski definition) is 20. The molecular weight excluding hydrogens is 1030 g/mol. The SMILES string of the molecule is NCCC[C@H](N)CC(=O)NCCC[C@H](N)CC(=O)NCCC[C@H](N)CC(=O)NCCC[C@H](N)CC(=O)NCCC[C@H](N)CC(=O)N[C@@H]1[C@H](O)[C@@H](O)[C@@H](COC(N)=O)O[C@H]1NC1=N[C@@H]2C(=O)NC[C@@H](O)[C@H]2N1.O=S(=O)(O)O. The predicted molar refractivity (Wildman–Crippen MR) is 273 cm³/mol. The first-order chi connectivity index (χ1) is 35.8. The van der Waals surface area contributed by atoms with Gasteiger partial charge in [-0.25, -0.2) is 9.79 Å². The van der Waals surface area contributed by atoms with E-state index < -0.39 is 102 Å². The van der Waals surface area contributed by atoms with Gasteiger partial charge in [-0.3, -0.25) is 37.9 Å². The minimum Gasteiger partial charge on any atom is -0.447 e. The quantitative estimate of drug-likeness (QED) is 0.0214. The smallest absolute Gasteiger partial charge is 0.404 e. The summed E-state index contributed by atoms with van der Waals surface area (Å²) in [5.41, 5.74) is 41.0. The number of β-amino-alcohol motifs (C(OH)–C–C–N with tert-alkyl or cyclic N) is 1. The first kappa shape index (κ1) is 66.9. The molecule has 0 aromatic heterocycles. The Hall–Kier alpha value is -5.17. The van der Waals surface area contributed by atoms with E-state index in [-0.39, 0.29) is 86.9 Å². The molecule has 13 atom stereocenters. The van der Waals surface area contributed by atoms with Crippen LogP contribution in [-0.4, -0.2) is 205 Å². The Kier molecular flexibility index (Phi) is 31.1. The van der Waals surface area contributed by atoms with Crippen LogP contribution in [-0.2, 0) is 48.6 Å². The van der Waals surface area contributed by atoms with Gasteiger partial charge < -0.3 is 107 Å². The third kappa shape index (κ3) is 28.8. The lowest BCUT2D eigenvalue weighted by atomic mass is 9.95. The van der Waals surface area contributed by atoms with Crippen LogP contribution in [0.5, 0.6) is 0 Å². The number of carbonyl (C=O) groups excluding carboxylic acids is 7. The number of rotatable bonds is 33. The molecule has 0 aliphatic carbocycles. The summed E-state index contributed by atoms with van der Waals surface area (Å²) in [7, 11) is -4.67. The van der Waals surface area contributed by atoms with Crippen LogP contribution in [0.15, 0.2) is 4.99 Å². The molecule has 3 rings (SSSR count). The number of nitrogens with zero attached hydrogens (tertiary/aromatic N) is 1. The van der Waals surface area contributed by atoms with Gasteiger partial charge in [0, 0.05) is 95.0 Å². The molecule has 2 saturated heterocycles. The third-order valence-corrected chi connectivity index (χ3v) is 12.1. The van der Waals surface area contributed by atoms with E-state index in [1.165, 1.54) is 0 Å². The van der Waals surface area contributed by atoms with Crippen molar-refractivity contribution in [3.63, 3.8) is 0 Å². The highest BCUT2D eigenvalue weighted by Crippen LogP contribution is 2.23. The number of hydrogen-bond acceptors (Lipinski definition) is 23. The maximum Gasteiger partial charge on any atom is 0.404 e. The molecule has 7 amide bonds. The number of nitrogens with two attached hydrogens (primary N) is 7. The Morgan fingerprint density at radius 1 is 0.671 bits per heavy atom. The number of amides is 7. The van der Waals surface area contributed by atoms with Crippen LogP contribution < -0.4 is 82.7 Å². The summed E-state index contributed by atoms with van der Waals surface area (Å²) in [6, 6.07) is -5.09. The first-order valence-electron chi connectivity index (χ1n) is 25.3. The van der Waals surface area contributed by atoms with E-state index in [2.05, 4.69) is 47.5 Å². The van der Waals surface area contributed by atoms with Gasteiger partial charge in [0.2, 0.25) is 35.4 Å². The molecule has 32 nitrogen and oxygen atoms in total. The number of aliphatic imine (C=N–C) groups is 1. The molecule has 0 aromatic carbocycles. The second-order valence-corrected chi connectivity index (χ2v) is 19.9. The van der Waals surface area contributed by atoms with Crippen molar-refractivity contribution in [1.82, 2.24) is 42.5 Å². The lowest BCUT2D eigenvalue weighted by Crippen LogP contribution is -2.69. The summed E-state index contributed by atoms with van der Waals surface area (Å²) in [4.78, 5) is 90.2. The highest BCUT2D eigenvalue weighted by atomic mass is 32.3. The Bertz CT molecular complexity index is 1970. The standard InChI is InChI=1S/C43H82N16O12.H2O4S/c44-11-1-6-23(45)16-30(61)51-12-2-7-24(46)17-31(62)52-13-3-8-25(47)18-32(63)53-14-4-9-26(48)19-33(64)54-15-5-10-27(49)20-34(65)56-37-39(67)38(66)29(22-70-42(50)69)71-41(37)59-43-57-35-28(60)21-55-40(68)36(35)58-43;1-5(2,3)4/h23-29,35-39,41,60,66-67H,1-22,44-49H2,(H2,50,69)(H,51,61)(H,52,62)(H,53,63)(H,54,64)(H,55,68)(H,56,65)(H2,57,58,59);(H2,1,2,3,4)/t23-,24-,25-,26-,27-,28+,29+,35+,36-,37+,38-,39-,41+;/m0./s1. The van der Waals surface area contributed by atoms with E-state index in [1.54, 1.807) is 0 Å². The fraction of sp³-hybridized carbons (Fsp3) is 0.814. The van der Waals surface area contributed by atoms with Gasteiger partial charge in [-0.1, -0.05) is 0 Å². The summed E-state index contributed by atoms with van der Waals surface area (Å²) in [5.74, 6) is -1.80. The normalized spacial score (nSPS) is 23.9. The molecule has 2 fully saturated rings. The molecular formula is C43H84N16O16S. The van der Waals surface area contributed by atoms with Crippen LogP contribution in [0, 0.1) is 0 Å². The Morgan fingerprint density at radius 2 is 1.07 bits per heavy atom. The van der Waals surface area contributed by atoms with Gasteiger partial charge in [-0.05, 0) is 70.8 Å². The van der Waals surface area contributed by atoms with Crippen LogP contribution >= 0.6 is 0 Å². The van der Waals surface area contributed by atoms with E-state index in [9.17, 15) is 48.9 Å². The van der Waals surface area contributed by atoms with Crippen molar-refractivity contribution in [1.29, 1.82) is 0 Å². The Balaban J connectivity index is 0.00000376. The maximum atomic E-state index is 13.1. The molecule has 0 spiro atoms. The zero-order valence-corrected chi connectivity index (χ0v) is 43.5. The van der Waals surface area contributed by atoms with Gasteiger partial charge >= 0.3 is 16.5 Å². The van der Waals surface area contributed by atoms with Crippen LogP contribution in [0.25, 0.3) is 0 Å². The van der Waals surface area contributed by atoms with E-state index in [4.69, 9.17) is 67.1 Å². The van der Waals surface area contributed by atoms with Crippen LogP contribution in [0.1, 0.15) is 96.3 Å². The van der Waals surface area contributed by atoms with Crippen molar-refractivity contribution in [2.24, 2.45) is 45.1 Å². The van der Waals surface area contributed by atoms with Gasteiger partial charge in [0.1, 0.15) is 31.0 Å². The van der Waals surface area contributed by atoms with Crippen molar-refractivity contribution in [3.8, 4) is 0 Å². The fourth-order valence-electron chi connectivity index (χ4n) is 8.21. The van der Waals surface area contributed by atoms with Crippen molar-refractivity contribution in [3.05, 3.63) is 0 Å². The summed E-state index contributed by atoms with van der Waals surface area (Å²) < 4.78 is 42.2. The minimum atomic E-state index is -4.67. The number of aliphatic hydroxyl groups excluding tert-OH is 3. The summed E-state index contributed by atoms with van der Waals surface area (Å²) in [6.45, 7) is 1.48. The van der Waals surface area contributed by atoms with E-state index >= 15 is 0 Å². The first-order valence-corrected chi connectivity index (χ1v) is 26.7. The van der Waals surface area contributed by atoms with Crippen LogP contribution in [0.3, 0.4) is 0 Å². The molecule has 3 aliphatic heterocycles. The highest BCUT2D eigenvalue weighted by molar-refractivity contribution is 7.79. The molecule has 3 heterocycles. The van der Waals surface area contributed by atoms with E-state index in [1.807, 2.05) is 0 Å². The highest BCUT2D eigenvalue weighted by Gasteiger charge is 2.48. The van der Waals surface area contributed by atoms with E-state index in [0.717, 1.165) is 6.42 Å². The summed E-state index contributed by atoms with van der Waals surface area (Å²) in [5, 5.41) is 54.3. The number of ether oxygens (including phenoxy) is 2. The van der Waals surface area contributed by atoms with Crippen LogP contribution in [0.4, 0.5) is 4.79 Å². The molecule has 27 N–H and O–H groups in total. The molecule has 0 saturated carbocycles. The second kappa shape index (κ2) is 35.3. The number of primary amides is 1. The topological polar surface area (TPSA) is 564 Å². The number of aliphatic hydroxyl groups is 3. The number of fused-ring (bicyclic) bond motifs is 1. The molecule has 438 valence electrons. The molecule has 0 radical (unpaired) electrons. The predicted octanol–water partition coefficient (Wildman–Crippen LogP) is -7.95. The van der Waals surface area contributed by atoms with Crippen molar-refractivity contribution in [2.75, 3.05) is 45.9 Å². The van der Waals surface area contributed by atoms with Crippen molar-refractivity contribution >= 4 is 57.9 Å². The lowest BCUT2D eigenvalue weighted by Gasteiger charge is -2.43. The average Bonchev–Trinajstić information content (AvgIpc) is 3.76. The Labute approximate surface area is 441 Å². The molecule has 76 heavy (non-hydrogen) atoms. The lowest BCUT2D eigenvalue weighted by molar-refractivity contribution is -0.198. The molecule has 33 heteroatoms. The van der Waals surface area contributed by atoms with Gasteiger partial charge in [0.15, 0.2) is 18.2 Å². The summed E-state index contributed by atoms with van der Waals surface area (Å²) >= 11 is 0.